The summed E-state index contributed by atoms with van der Waals surface area (Å²) in [7, 11) is 3.16. The maximum atomic E-state index is 13.4. The predicted molar refractivity (Wildman–Crippen MR) is 143 cm³/mol. The third-order valence-corrected chi connectivity index (χ3v) is 7.17. The van der Waals surface area contributed by atoms with E-state index >= 15 is 0 Å². The number of thioether (sulfide) groups is 1. The molecule has 0 radical (unpaired) electrons. The summed E-state index contributed by atoms with van der Waals surface area (Å²) in [6.45, 7) is 1.88. The van der Waals surface area contributed by atoms with Gasteiger partial charge in [-0.05, 0) is 61.0 Å². The number of para-hydroxylation sites is 1. The number of esters is 1. The number of fused-ring (bicyclic) bond motifs is 1. The summed E-state index contributed by atoms with van der Waals surface area (Å²) in [6, 6.07) is 19.6. The van der Waals surface area contributed by atoms with Gasteiger partial charge < -0.3 is 24.4 Å². The van der Waals surface area contributed by atoms with Crippen molar-refractivity contribution in [3.63, 3.8) is 0 Å². The number of methoxy groups -OCH3 is 2. The molecule has 0 bridgehead atoms. The van der Waals surface area contributed by atoms with Gasteiger partial charge in [0.05, 0.1) is 32.1 Å². The minimum Gasteiger partial charge on any atom is -0.493 e. The van der Waals surface area contributed by atoms with Crippen molar-refractivity contribution in [3.8, 4) is 11.5 Å². The second kappa shape index (κ2) is 11.8. The molecule has 9 heteroatoms. The zero-order valence-corrected chi connectivity index (χ0v) is 21.7. The molecule has 1 N–H and O–H groups in total. The predicted octanol–water partition coefficient (Wildman–Crippen LogP) is 5.09. The molecule has 4 rings (SSSR count). The SMILES string of the molecule is CCOC(=O)c1ccc(NC(=O)CN2C(=O)C[C@@H](c3ccc(OC)c(OC)c3)Sc3ccccc32)cc1. The van der Waals surface area contributed by atoms with Gasteiger partial charge in [0, 0.05) is 22.3 Å². The van der Waals surface area contributed by atoms with Gasteiger partial charge in [-0.2, -0.15) is 0 Å². The Balaban J connectivity index is 1.52. The summed E-state index contributed by atoms with van der Waals surface area (Å²) in [4.78, 5) is 40.7. The van der Waals surface area contributed by atoms with Gasteiger partial charge in [-0.25, -0.2) is 4.79 Å². The van der Waals surface area contributed by atoms with E-state index in [-0.39, 0.29) is 36.6 Å². The van der Waals surface area contributed by atoms with Crippen LogP contribution in [-0.2, 0) is 14.3 Å². The number of carbonyl (C=O) groups excluding carboxylic acids is 3. The minimum atomic E-state index is -0.423. The van der Waals surface area contributed by atoms with E-state index in [9.17, 15) is 14.4 Å². The highest BCUT2D eigenvalue weighted by atomic mass is 32.2. The Bertz CT molecular complexity index is 1290. The molecule has 0 saturated carbocycles. The highest BCUT2D eigenvalue weighted by Gasteiger charge is 2.31. The third kappa shape index (κ3) is 6.06. The van der Waals surface area contributed by atoms with Crippen LogP contribution >= 0.6 is 11.8 Å². The number of anilines is 2. The normalized spacial score (nSPS) is 14.8. The van der Waals surface area contributed by atoms with E-state index in [0.29, 0.717) is 28.4 Å². The summed E-state index contributed by atoms with van der Waals surface area (Å²) >= 11 is 1.58. The van der Waals surface area contributed by atoms with Gasteiger partial charge in [-0.3, -0.25) is 9.59 Å². The summed E-state index contributed by atoms with van der Waals surface area (Å²) in [5.41, 5.74) is 2.54. The van der Waals surface area contributed by atoms with Gasteiger partial charge in [0.1, 0.15) is 6.54 Å². The number of nitrogens with zero attached hydrogens (tertiary/aromatic N) is 1. The van der Waals surface area contributed by atoms with E-state index in [4.69, 9.17) is 14.2 Å². The van der Waals surface area contributed by atoms with Gasteiger partial charge in [-0.15, -0.1) is 11.8 Å². The molecule has 0 saturated heterocycles. The van der Waals surface area contributed by atoms with Crippen molar-refractivity contribution in [2.24, 2.45) is 0 Å². The van der Waals surface area contributed by atoms with Gasteiger partial charge in [0.15, 0.2) is 11.5 Å². The van der Waals surface area contributed by atoms with Crippen LogP contribution in [0.2, 0.25) is 0 Å². The molecule has 0 unspecified atom stereocenters. The van der Waals surface area contributed by atoms with Crippen molar-refractivity contribution in [3.05, 3.63) is 77.9 Å². The lowest BCUT2D eigenvalue weighted by Crippen LogP contribution is -2.38. The second-order valence-electron chi connectivity index (χ2n) is 8.22. The van der Waals surface area contributed by atoms with Crippen molar-refractivity contribution in [2.75, 3.05) is 37.6 Å². The Labute approximate surface area is 219 Å². The minimum absolute atomic E-state index is 0.144. The molecular formula is C28H28N2O6S. The zero-order chi connectivity index (χ0) is 26.4. The van der Waals surface area contributed by atoms with E-state index < -0.39 is 5.97 Å². The molecular weight excluding hydrogens is 492 g/mol. The fourth-order valence-electron chi connectivity index (χ4n) is 4.04. The molecule has 1 heterocycles. The maximum Gasteiger partial charge on any atom is 0.338 e. The number of nitrogens with one attached hydrogen (secondary N) is 1. The molecule has 8 nitrogen and oxygen atoms in total. The Morgan fingerprint density at radius 1 is 1.00 bits per heavy atom. The first-order chi connectivity index (χ1) is 17.9. The average Bonchev–Trinajstić information content (AvgIpc) is 3.05. The number of ether oxygens (including phenoxy) is 3. The van der Waals surface area contributed by atoms with Crippen LogP contribution in [0.4, 0.5) is 11.4 Å². The quantitative estimate of drug-likeness (QED) is 0.414. The first kappa shape index (κ1) is 26.1. The maximum absolute atomic E-state index is 13.4. The third-order valence-electron chi connectivity index (χ3n) is 5.85. The zero-order valence-electron chi connectivity index (χ0n) is 20.9. The van der Waals surface area contributed by atoms with Crippen molar-refractivity contribution in [1.82, 2.24) is 0 Å². The van der Waals surface area contributed by atoms with E-state index in [1.165, 1.54) is 4.90 Å². The van der Waals surface area contributed by atoms with Crippen LogP contribution < -0.4 is 19.7 Å². The molecule has 3 aromatic carbocycles. The van der Waals surface area contributed by atoms with E-state index in [1.54, 1.807) is 57.2 Å². The van der Waals surface area contributed by atoms with Gasteiger partial charge in [0.2, 0.25) is 11.8 Å². The molecule has 37 heavy (non-hydrogen) atoms. The summed E-state index contributed by atoms with van der Waals surface area (Å²) in [6.07, 6.45) is 0.205. The molecule has 0 spiro atoms. The Kier molecular flexibility index (Phi) is 8.35. The topological polar surface area (TPSA) is 94.2 Å². The smallest absolute Gasteiger partial charge is 0.338 e. The monoisotopic (exact) mass is 520 g/mol. The standard InChI is InChI=1S/C28H28N2O6S/c1-4-36-28(33)18-9-12-20(13-10-18)29-26(31)17-30-21-7-5-6-8-24(21)37-25(16-27(30)32)19-11-14-22(34-2)23(15-19)35-3/h5-15,25H,4,16-17H2,1-3H3,(H,29,31)/t25-/m0/s1. The largest absolute Gasteiger partial charge is 0.493 e. The number of carbonyl (C=O) groups is 3. The number of amides is 2. The molecule has 2 amide bonds. The lowest BCUT2D eigenvalue weighted by atomic mass is 10.1. The molecule has 1 aliphatic heterocycles. The van der Waals surface area contributed by atoms with E-state index in [1.807, 2.05) is 42.5 Å². The van der Waals surface area contributed by atoms with Crippen LogP contribution in [0.5, 0.6) is 11.5 Å². The van der Waals surface area contributed by atoms with E-state index in [0.717, 1.165) is 10.5 Å². The Morgan fingerprint density at radius 3 is 2.43 bits per heavy atom. The summed E-state index contributed by atoms with van der Waals surface area (Å²) < 4.78 is 15.8. The molecule has 0 fully saturated rings. The van der Waals surface area contributed by atoms with Crippen molar-refractivity contribution < 1.29 is 28.6 Å². The summed E-state index contributed by atoms with van der Waals surface area (Å²) in [5, 5.41) is 2.64. The molecule has 3 aromatic rings. The summed E-state index contributed by atoms with van der Waals surface area (Å²) in [5.74, 6) is 0.279. The number of hydrogen-bond donors (Lipinski definition) is 1. The number of hydrogen-bond acceptors (Lipinski definition) is 7. The van der Waals surface area contributed by atoms with Crippen molar-refractivity contribution in [1.29, 1.82) is 0 Å². The van der Waals surface area contributed by atoms with Crippen LogP contribution in [-0.4, -0.2) is 45.2 Å². The number of benzene rings is 3. The second-order valence-corrected chi connectivity index (χ2v) is 9.46. The fraction of sp³-hybridized carbons (Fsp3) is 0.250. The highest BCUT2D eigenvalue weighted by Crippen LogP contribution is 2.46. The molecule has 1 atom stereocenters. The van der Waals surface area contributed by atoms with Crippen LogP contribution in [0, 0.1) is 0 Å². The first-order valence-electron chi connectivity index (χ1n) is 11.8. The molecule has 0 aromatic heterocycles. The first-order valence-corrected chi connectivity index (χ1v) is 12.7. The highest BCUT2D eigenvalue weighted by molar-refractivity contribution is 7.99. The molecule has 0 aliphatic carbocycles. The molecule has 1 aliphatic rings. The Hall–Kier alpha value is -3.98. The van der Waals surface area contributed by atoms with Crippen LogP contribution in [0.25, 0.3) is 0 Å². The van der Waals surface area contributed by atoms with E-state index in [2.05, 4.69) is 5.32 Å². The van der Waals surface area contributed by atoms with Gasteiger partial charge >= 0.3 is 5.97 Å². The lowest BCUT2D eigenvalue weighted by molar-refractivity contribution is -0.121. The number of rotatable bonds is 8. The molecule has 192 valence electrons. The van der Waals surface area contributed by atoms with Gasteiger partial charge in [0.25, 0.3) is 0 Å². The Morgan fingerprint density at radius 2 is 1.73 bits per heavy atom. The average molecular weight is 521 g/mol. The van der Waals surface area contributed by atoms with Gasteiger partial charge in [-0.1, -0.05) is 18.2 Å². The van der Waals surface area contributed by atoms with Crippen molar-refractivity contribution in [2.45, 2.75) is 23.5 Å². The lowest BCUT2D eigenvalue weighted by Gasteiger charge is -2.22. The van der Waals surface area contributed by atoms with Crippen LogP contribution in [0.1, 0.15) is 34.5 Å². The van der Waals surface area contributed by atoms with Crippen molar-refractivity contribution >= 4 is 40.9 Å². The fourth-order valence-corrected chi connectivity index (χ4v) is 5.31. The van der Waals surface area contributed by atoms with Crippen LogP contribution in [0.15, 0.2) is 71.6 Å². The van der Waals surface area contributed by atoms with Crippen LogP contribution in [0.3, 0.4) is 0 Å².